The Morgan fingerprint density at radius 2 is 1.91 bits per heavy atom. The highest BCUT2D eigenvalue weighted by atomic mass is 79.9. The number of carbonyl (C=O) groups is 2. The van der Waals surface area contributed by atoms with Gasteiger partial charge in [-0.1, -0.05) is 29.8 Å². The minimum atomic E-state index is -1.10. The summed E-state index contributed by atoms with van der Waals surface area (Å²) in [5, 5.41) is 12.2. The number of hydrogen-bond donors (Lipinski definition) is 2. The van der Waals surface area contributed by atoms with E-state index in [0.717, 1.165) is 10.0 Å². The van der Waals surface area contributed by atoms with Crippen molar-refractivity contribution >= 4 is 50.7 Å². The number of carboxylic acid groups (broad SMARTS) is 1. The minimum absolute atomic E-state index is 0.0404. The first-order valence-electron chi connectivity index (χ1n) is 6.65. The molecule has 2 aromatic carbocycles. The van der Waals surface area contributed by atoms with Crippen molar-refractivity contribution in [2.75, 3.05) is 5.32 Å². The van der Waals surface area contributed by atoms with E-state index in [1.807, 2.05) is 6.07 Å². The summed E-state index contributed by atoms with van der Waals surface area (Å²) in [6, 6.07) is 11.6. The van der Waals surface area contributed by atoms with Crippen LogP contribution in [0.25, 0.3) is 5.57 Å². The van der Waals surface area contributed by atoms with Crippen LogP contribution < -0.4 is 5.32 Å². The van der Waals surface area contributed by atoms with Crippen molar-refractivity contribution in [1.82, 2.24) is 0 Å². The van der Waals surface area contributed by atoms with Gasteiger partial charge in [-0.3, -0.25) is 4.79 Å². The molecule has 0 aliphatic heterocycles. The Kier molecular flexibility index (Phi) is 5.58. The molecule has 0 aliphatic rings. The topological polar surface area (TPSA) is 66.4 Å². The van der Waals surface area contributed by atoms with E-state index in [4.69, 9.17) is 16.7 Å². The fraction of sp³-hybridized carbons (Fsp3) is 0.0588. The van der Waals surface area contributed by atoms with Crippen molar-refractivity contribution in [2.45, 2.75) is 6.92 Å². The van der Waals surface area contributed by atoms with Crippen LogP contribution in [0.4, 0.5) is 5.69 Å². The number of allylic oxidation sites excluding steroid dienone is 1. The molecule has 0 aromatic heterocycles. The van der Waals surface area contributed by atoms with Crippen LogP contribution >= 0.6 is 27.5 Å². The van der Waals surface area contributed by atoms with Gasteiger partial charge in [-0.15, -0.1) is 0 Å². The molecule has 2 N–H and O–H groups in total. The average molecular weight is 395 g/mol. The Balaban J connectivity index is 2.21. The van der Waals surface area contributed by atoms with Crippen LogP contribution in [0.3, 0.4) is 0 Å². The fourth-order valence-corrected chi connectivity index (χ4v) is 2.40. The molecular weight excluding hydrogens is 382 g/mol. The monoisotopic (exact) mass is 393 g/mol. The highest BCUT2D eigenvalue weighted by molar-refractivity contribution is 9.10. The van der Waals surface area contributed by atoms with Crippen LogP contribution in [0, 0.1) is 0 Å². The summed E-state index contributed by atoms with van der Waals surface area (Å²) in [7, 11) is 0. The largest absolute Gasteiger partial charge is 0.478 e. The number of nitrogens with one attached hydrogen (secondary N) is 1. The van der Waals surface area contributed by atoms with Gasteiger partial charge < -0.3 is 10.4 Å². The normalized spacial score (nSPS) is 11.2. The fourth-order valence-electron chi connectivity index (χ4n) is 1.97. The first kappa shape index (κ1) is 17.2. The van der Waals surface area contributed by atoms with Gasteiger partial charge in [0.25, 0.3) is 0 Å². The smallest absolute Gasteiger partial charge is 0.337 e. The van der Waals surface area contributed by atoms with E-state index in [2.05, 4.69) is 21.2 Å². The van der Waals surface area contributed by atoms with Gasteiger partial charge in [-0.2, -0.15) is 0 Å². The number of rotatable bonds is 4. The summed E-state index contributed by atoms with van der Waals surface area (Å²) < 4.78 is 0.774. The Morgan fingerprint density at radius 1 is 1.22 bits per heavy atom. The molecule has 2 aromatic rings. The van der Waals surface area contributed by atoms with Crippen LogP contribution in [-0.2, 0) is 4.79 Å². The Labute approximate surface area is 146 Å². The van der Waals surface area contributed by atoms with Gasteiger partial charge in [0.1, 0.15) is 0 Å². The average Bonchev–Trinajstić information content (AvgIpc) is 2.50. The van der Waals surface area contributed by atoms with Crippen LogP contribution in [0.1, 0.15) is 22.8 Å². The molecule has 118 valence electrons. The first-order valence-corrected chi connectivity index (χ1v) is 7.82. The maximum Gasteiger partial charge on any atom is 0.337 e. The lowest BCUT2D eigenvalue weighted by molar-refractivity contribution is -0.111. The molecule has 6 heteroatoms. The number of carbonyl (C=O) groups excluding carboxylic acids is 1. The van der Waals surface area contributed by atoms with Crippen molar-refractivity contribution in [3.8, 4) is 0 Å². The number of carboxylic acids is 1. The zero-order valence-electron chi connectivity index (χ0n) is 12.1. The molecule has 23 heavy (non-hydrogen) atoms. The van der Waals surface area contributed by atoms with Crippen LogP contribution in [0.15, 0.2) is 53.0 Å². The summed E-state index contributed by atoms with van der Waals surface area (Å²) in [6.07, 6.45) is 1.40. The Hall–Kier alpha value is -2.11. The van der Waals surface area contributed by atoms with Crippen molar-refractivity contribution in [3.05, 3.63) is 69.2 Å². The number of hydrogen-bond acceptors (Lipinski definition) is 2. The molecule has 0 spiro atoms. The van der Waals surface area contributed by atoms with E-state index in [9.17, 15) is 9.59 Å². The lowest BCUT2D eigenvalue weighted by Gasteiger charge is -2.07. The van der Waals surface area contributed by atoms with Crippen molar-refractivity contribution in [2.24, 2.45) is 0 Å². The molecule has 0 aliphatic carbocycles. The quantitative estimate of drug-likeness (QED) is 0.729. The number of anilines is 1. The number of benzene rings is 2. The zero-order chi connectivity index (χ0) is 17.0. The minimum Gasteiger partial charge on any atom is -0.478 e. The van der Waals surface area contributed by atoms with E-state index < -0.39 is 11.9 Å². The van der Waals surface area contributed by atoms with E-state index >= 15 is 0 Å². The second-order valence-electron chi connectivity index (χ2n) is 4.80. The SMILES string of the molecule is CC(=CC(=O)Nc1ccccc1C(=O)O)c1ccc(Br)c(Cl)c1. The molecule has 1 amide bonds. The molecule has 0 saturated carbocycles. The summed E-state index contributed by atoms with van der Waals surface area (Å²) in [4.78, 5) is 23.2. The third-order valence-corrected chi connectivity index (χ3v) is 4.37. The van der Waals surface area contributed by atoms with E-state index in [1.54, 1.807) is 37.3 Å². The van der Waals surface area contributed by atoms with Gasteiger partial charge in [-0.25, -0.2) is 4.79 Å². The summed E-state index contributed by atoms with van der Waals surface area (Å²) in [5.74, 6) is -1.50. The van der Waals surface area contributed by atoms with Gasteiger partial charge in [-0.05, 0) is 58.3 Å². The number of amides is 1. The van der Waals surface area contributed by atoms with Crippen LogP contribution in [0.2, 0.25) is 5.02 Å². The maximum atomic E-state index is 12.1. The number of aromatic carboxylic acids is 1. The van der Waals surface area contributed by atoms with Gasteiger partial charge in [0.15, 0.2) is 0 Å². The predicted octanol–water partition coefficient (Wildman–Crippen LogP) is 4.84. The molecule has 0 saturated heterocycles. The zero-order valence-corrected chi connectivity index (χ0v) is 14.5. The lowest BCUT2D eigenvalue weighted by Crippen LogP contribution is -2.12. The van der Waals surface area contributed by atoms with Crippen molar-refractivity contribution in [3.63, 3.8) is 0 Å². The number of para-hydroxylation sites is 1. The molecule has 4 nitrogen and oxygen atoms in total. The molecule has 0 radical (unpaired) electrons. The third-order valence-electron chi connectivity index (χ3n) is 3.14. The molecule has 0 fully saturated rings. The molecule has 0 bridgehead atoms. The molecule has 2 rings (SSSR count). The third kappa shape index (κ3) is 4.43. The summed E-state index contributed by atoms with van der Waals surface area (Å²) in [6.45, 7) is 1.78. The van der Waals surface area contributed by atoms with Crippen molar-refractivity contribution in [1.29, 1.82) is 0 Å². The Morgan fingerprint density at radius 3 is 2.57 bits per heavy atom. The van der Waals surface area contributed by atoms with Crippen LogP contribution in [0.5, 0.6) is 0 Å². The second-order valence-corrected chi connectivity index (χ2v) is 6.06. The van der Waals surface area contributed by atoms with E-state index in [0.29, 0.717) is 10.6 Å². The standard InChI is InChI=1S/C17H13BrClNO3/c1-10(11-6-7-13(18)14(19)9-11)8-16(21)20-15-5-3-2-4-12(15)17(22)23/h2-9H,1H3,(H,20,21)(H,22,23). The first-order chi connectivity index (χ1) is 10.9. The highest BCUT2D eigenvalue weighted by Crippen LogP contribution is 2.26. The van der Waals surface area contributed by atoms with Gasteiger partial charge in [0.05, 0.1) is 16.3 Å². The molecule has 0 atom stereocenters. The summed E-state index contributed by atoms with van der Waals surface area (Å²) >= 11 is 9.35. The molecular formula is C17H13BrClNO3. The van der Waals surface area contributed by atoms with Gasteiger partial charge >= 0.3 is 5.97 Å². The van der Waals surface area contributed by atoms with Crippen LogP contribution in [-0.4, -0.2) is 17.0 Å². The number of halogens is 2. The van der Waals surface area contributed by atoms with E-state index in [1.165, 1.54) is 12.1 Å². The van der Waals surface area contributed by atoms with Gasteiger partial charge in [0.2, 0.25) is 5.91 Å². The molecule has 0 heterocycles. The maximum absolute atomic E-state index is 12.1. The van der Waals surface area contributed by atoms with E-state index in [-0.39, 0.29) is 11.3 Å². The van der Waals surface area contributed by atoms with Gasteiger partial charge in [0, 0.05) is 10.5 Å². The predicted molar refractivity (Wildman–Crippen MR) is 94.8 cm³/mol. The Bertz CT molecular complexity index is 802. The highest BCUT2D eigenvalue weighted by Gasteiger charge is 2.11. The van der Waals surface area contributed by atoms with Crippen molar-refractivity contribution < 1.29 is 14.7 Å². The molecule has 0 unspecified atom stereocenters. The summed E-state index contributed by atoms with van der Waals surface area (Å²) in [5.41, 5.74) is 1.81. The lowest BCUT2D eigenvalue weighted by atomic mass is 10.1. The second kappa shape index (κ2) is 7.44.